The molecule has 0 bridgehead atoms. The number of rotatable bonds is 8. The molecule has 1 N–H and O–H groups in total. The van der Waals surface area contributed by atoms with E-state index in [-0.39, 0.29) is 18.1 Å². The predicted molar refractivity (Wildman–Crippen MR) is 119 cm³/mol. The van der Waals surface area contributed by atoms with Crippen molar-refractivity contribution in [2.45, 2.75) is 26.3 Å². The second-order valence-corrected chi connectivity index (χ2v) is 7.30. The molecule has 4 rings (SSSR count). The van der Waals surface area contributed by atoms with Crippen molar-refractivity contribution in [3.63, 3.8) is 0 Å². The Labute approximate surface area is 185 Å². The van der Waals surface area contributed by atoms with E-state index in [1.165, 1.54) is 12.1 Å². The second-order valence-electron chi connectivity index (χ2n) is 7.30. The summed E-state index contributed by atoms with van der Waals surface area (Å²) in [5, 5.41) is 7.53. The van der Waals surface area contributed by atoms with Gasteiger partial charge in [-0.1, -0.05) is 18.2 Å². The van der Waals surface area contributed by atoms with Crippen molar-refractivity contribution in [2.75, 3.05) is 0 Å². The minimum Gasteiger partial charge on any atom is -0.439 e. The third-order valence-electron chi connectivity index (χ3n) is 5.01. The second kappa shape index (κ2) is 9.87. The van der Waals surface area contributed by atoms with Crippen molar-refractivity contribution in [3.8, 4) is 17.3 Å². The zero-order chi connectivity index (χ0) is 22.3. The van der Waals surface area contributed by atoms with Gasteiger partial charge in [-0.3, -0.25) is 9.78 Å². The predicted octanol–water partition coefficient (Wildman–Crippen LogP) is 4.76. The van der Waals surface area contributed by atoms with Crippen molar-refractivity contribution in [3.05, 3.63) is 102 Å². The van der Waals surface area contributed by atoms with Gasteiger partial charge in [0.15, 0.2) is 0 Å². The Morgan fingerprint density at radius 2 is 1.75 bits per heavy atom. The van der Waals surface area contributed by atoms with Crippen LogP contribution in [0.1, 0.15) is 23.2 Å². The van der Waals surface area contributed by atoms with Gasteiger partial charge >= 0.3 is 0 Å². The molecule has 162 valence electrons. The summed E-state index contributed by atoms with van der Waals surface area (Å²) in [6.45, 7) is 2.32. The Kier molecular flexibility index (Phi) is 6.55. The molecule has 0 aliphatic heterocycles. The summed E-state index contributed by atoms with van der Waals surface area (Å²) in [4.78, 5) is 16.4. The number of carbonyl (C=O) groups excluding carboxylic acids is 1. The summed E-state index contributed by atoms with van der Waals surface area (Å²) in [5.41, 5.74) is 3.25. The van der Waals surface area contributed by atoms with Gasteiger partial charge in [-0.05, 0) is 67.4 Å². The molecule has 1 amide bonds. The van der Waals surface area contributed by atoms with E-state index in [2.05, 4.69) is 15.4 Å². The fourth-order valence-corrected chi connectivity index (χ4v) is 3.32. The number of pyridine rings is 1. The van der Waals surface area contributed by atoms with Gasteiger partial charge < -0.3 is 10.1 Å². The van der Waals surface area contributed by atoms with E-state index in [0.29, 0.717) is 30.3 Å². The first-order valence-corrected chi connectivity index (χ1v) is 10.3. The van der Waals surface area contributed by atoms with E-state index in [1.807, 2.05) is 49.4 Å². The summed E-state index contributed by atoms with van der Waals surface area (Å²) in [7, 11) is 0. The van der Waals surface area contributed by atoms with Crippen molar-refractivity contribution in [2.24, 2.45) is 0 Å². The molecule has 7 heteroatoms. The third kappa shape index (κ3) is 5.18. The maximum atomic E-state index is 13.4. The first-order valence-electron chi connectivity index (χ1n) is 10.3. The molecule has 0 atom stereocenters. The lowest BCUT2D eigenvalue weighted by molar-refractivity contribution is -0.121. The molecule has 0 aliphatic carbocycles. The van der Waals surface area contributed by atoms with E-state index in [0.717, 1.165) is 16.8 Å². The minimum atomic E-state index is -0.325. The van der Waals surface area contributed by atoms with Crippen LogP contribution in [0.4, 0.5) is 4.39 Å². The van der Waals surface area contributed by atoms with Gasteiger partial charge in [-0.15, -0.1) is 0 Å². The van der Waals surface area contributed by atoms with E-state index in [1.54, 1.807) is 29.2 Å². The molecule has 0 fully saturated rings. The highest BCUT2D eigenvalue weighted by atomic mass is 19.1. The Morgan fingerprint density at radius 1 is 1.03 bits per heavy atom. The topological polar surface area (TPSA) is 69.0 Å². The van der Waals surface area contributed by atoms with Gasteiger partial charge in [-0.25, -0.2) is 9.07 Å². The summed E-state index contributed by atoms with van der Waals surface area (Å²) in [6.07, 6.45) is 4.13. The highest BCUT2D eigenvalue weighted by molar-refractivity contribution is 5.76. The van der Waals surface area contributed by atoms with Crippen LogP contribution in [0.5, 0.6) is 11.6 Å². The maximum absolute atomic E-state index is 13.4. The standard InChI is InChI=1S/C25H23FN4O2/c1-18-23(11-12-24(31)28-17-19-13-15-27-16-14-19)25(32-22-5-3-2-4-6-22)30(29-18)21-9-7-20(26)8-10-21/h2-10,13-16H,11-12,17H2,1H3,(H,28,31). The molecule has 0 saturated heterocycles. The van der Waals surface area contributed by atoms with Gasteiger partial charge in [0.05, 0.1) is 11.4 Å². The van der Waals surface area contributed by atoms with Gasteiger partial charge in [0, 0.05) is 30.9 Å². The van der Waals surface area contributed by atoms with Crippen LogP contribution in [0.3, 0.4) is 0 Å². The average molecular weight is 430 g/mol. The lowest BCUT2D eigenvalue weighted by atomic mass is 10.1. The number of carbonyl (C=O) groups is 1. The molecular formula is C25H23FN4O2. The van der Waals surface area contributed by atoms with E-state index < -0.39 is 0 Å². The summed E-state index contributed by atoms with van der Waals surface area (Å²) < 4.78 is 21.3. The number of benzene rings is 2. The molecule has 0 spiro atoms. The molecule has 0 radical (unpaired) electrons. The van der Waals surface area contributed by atoms with Crippen molar-refractivity contribution in [1.29, 1.82) is 0 Å². The highest BCUT2D eigenvalue weighted by Gasteiger charge is 2.20. The summed E-state index contributed by atoms with van der Waals surface area (Å²) in [5.74, 6) is 0.775. The number of aromatic nitrogens is 3. The zero-order valence-electron chi connectivity index (χ0n) is 17.7. The van der Waals surface area contributed by atoms with E-state index in [9.17, 15) is 9.18 Å². The fraction of sp³-hybridized carbons (Fsp3) is 0.160. The lowest BCUT2D eigenvalue weighted by Crippen LogP contribution is -2.23. The minimum absolute atomic E-state index is 0.0681. The number of nitrogens with one attached hydrogen (secondary N) is 1. The monoisotopic (exact) mass is 430 g/mol. The number of para-hydroxylation sites is 1. The van der Waals surface area contributed by atoms with Crippen LogP contribution in [0.15, 0.2) is 79.1 Å². The van der Waals surface area contributed by atoms with Crippen LogP contribution in [0.2, 0.25) is 0 Å². The Hall–Kier alpha value is -4.00. The molecule has 0 unspecified atom stereocenters. The molecule has 2 heterocycles. The molecule has 6 nitrogen and oxygen atoms in total. The van der Waals surface area contributed by atoms with Crippen LogP contribution in [0, 0.1) is 12.7 Å². The largest absolute Gasteiger partial charge is 0.439 e. The van der Waals surface area contributed by atoms with Gasteiger partial charge in [0.25, 0.3) is 0 Å². The molecule has 32 heavy (non-hydrogen) atoms. The molecule has 0 saturated carbocycles. The summed E-state index contributed by atoms with van der Waals surface area (Å²) >= 11 is 0. The number of halogens is 1. The quantitative estimate of drug-likeness (QED) is 0.438. The third-order valence-corrected chi connectivity index (χ3v) is 5.01. The van der Waals surface area contributed by atoms with E-state index >= 15 is 0 Å². The molecule has 2 aromatic heterocycles. The fourth-order valence-electron chi connectivity index (χ4n) is 3.32. The first-order chi connectivity index (χ1) is 15.6. The number of hydrogen-bond donors (Lipinski definition) is 1. The molecule has 2 aromatic carbocycles. The van der Waals surface area contributed by atoms with Crippen molar-refractivity contribution in [1.82, 2.24) is 20.1 Å². The smallest absolute Gasteiger partial charge is 0.226 e. The van der Waals surface area contributed by atoms with Crippen LogP contribution < -0.4 is 10.1 Å². The number of nitrogens with zero attached hydrogens (tertiary/aromatic N) is 3. The maximum Gasteiger partial charge on any atom is 0.226 e. The van der Waals surface area contributed by atoms with Gasteiger partial charge in [0.2, 0.25) is 11.8 Å². The average Bonchev–Trinajstić information content (AvgIpc) is 3.13. The van der Waals surface area contributed by atoms with Crippen LogP contribution in [0.25, 0.3) is 5.69 Å². The van der Waals surface area contributed by atoms with Crippen LogP contribution in [-0.2, 0) is 17.8 Å². The van der Waals surface area contributed by atoms with Gasteiger partial charge in [0.1, 0.15) is 11.6 Å². The normalized spacial score (nSPS) is 10.7. The van der Waals surface area contributed by atoms with Crippen LogP contribution >= 0.6 is 0 Å². The number of aryl methyl sites for hydroxylation is 1. The summed E-state index contributed by atoms with van der Waals surface area (Å²) in [6, 6.07) is 19.1. The molecular weight excluding hydrogens is 407 g/mol. The molecule has 4 aromatic rings. The number of hydrogen-bond acceptors (Lipinski definition) is 4. The van der Waals surface area contributed by atoms with Crippen LogP contribution in [-0.4, -0.2) is 20.7 Å². The van der Waals surface area contributed by atoms with E-state index in [4.69, 9.17) is 4.74 Å². The molecule has 0 aliphatic rings. The lowest BCUT2D eigenvalue weighted by Gasteiger charge is -2.11. The Balaban J connectivity index is 1.55. The zero-order valence-corrected chi connectivity index (χ0v) is 17.7. The number of amides is 1. The van der Waals surface area contributed by atoms with Crippen molar-refractivity contribution < 1.29 is 13.9 Å². The SMILES string of the molecule is Cc1nn(-c2ccc(F)cc2)c(Oc2ccccc2)c1CCC(=O)NCc1ccncc1. The number of ether oxygens (including phenoxy) is 1. The Bertz CT molecular complexity index is 1180. The van der Waals surface area contributed by atoms with Crippen molar-refractivity contribution >= 4 is 5.91 Å². The first kappa shape index (κ1) is 21.2. The Morgan fingerprint density at radius 3 is 2.47 bits per heavy atom. The van der Waals surface area contributed by atoms with Gasteiger partial charge in [-0.2, -0.15) is 5.10 Å². The highest BCUT2D eigenvalue weighted by Crippen LogP contribution is 2.31.